The van der Waals surface area contributed by atoms with E-state index in [1.165, 1.54) is 19.3 Å². The number of nitrogens with one attached hydrogen (secondary N) is 2. The van der Waals surface area contributed by atoms with Gasteiger partial charge in [-0.15, -0.1) is 0 Å². The summed E-state index contributed by atoms with van der Waals surface area (Å²) in [5, 5.41) is 6.68. The normalized spacial score (nSPS) is 16.8. The minimum atomic E-state index is 0.838. The van der Waals surface area contributed by atoms with Crippen LogP contribution in [0, 0.1) is 0 Å². The molecule has 0 unspecified atom stereocenters. The highest BCUT2D eigenvalue weighted by atomic mass is 15.2. The SMILES string of the molecule is CNc1cccc(-c2nc3c(c(N4CCCCC4)n2)NCC3)c1. The van der Waals surface area contributed by atoms with Crippen LogP contribution < -0.4 is 15.5 Å². The highest BCUT2D eigenvalue weighted by Gasteiger charge is 2.24. The van der Waals surface area contributed by atoms with E-state index in [4.69, 9.17) is 9.97 Å². The van der Waals surface area contributed by atoms with Crippen LogP contribution in [0.3, 0.4) is 0 Å². The number of benzene rings is 1. The van der Waals surface area contributed by atoms with Crippen LogP contribution in [0.4, 0.5) is 17.2 Å². The Kier molecular flexibility index (Phi) is 3.77. The predicted molar refractivity (Wildman–Crippen MR) is 95.3 cm³/mol. The molecule has 1 saturated heterocycles. The number of aromatic nitrogens is 2. The highest BCUT2D eigenvalue weighted by molar-refractivity contribution is 5.74. The maximum Gasteiger partial charge on any atom is 0.162 e. The van der Waals surface area contributed by atoms with Crippen molar-refractivity contribution in [3.05, 3.63) is 30.0 Å². The van der Waals surface area contributed by atoms with E-state index in [-0.39, 0.29) is 0 Å². The van der Waals surface area contributed by atoms with Crippen molar-refractivity contribution in [3.8, 4) is 11.4 Å². The first-order chi connectivity index (χ1) is 11.3. The zero-order chi connectivity index (χ0) is 15.6. The van der Waals surface area contributed by atoms with Crippen LogP contribution in [-0.4, -0.2) is 36.6 Å². The molecule has 2 N–H and O–H groups in total. The van der Waals surface area contributed by atoms with Crippen molar-refractivity contribution in [1.82, 2.24) is 9.97 Å². The van der Waals surface area contributed by atoms with Crippen molar-refractivity contribution in [2.45, 2.75) is 25.7 Å². The van der Waals surface area contributed by atoms with Crippen molar-refractivity contribution >= 4 is 17.2 Å². The zero-order valence-corrected chi connectivity index (χ0v) is 13.6. The average Bonchev–Trinajstić information content (AvgIpc) is 3.10. The van der Waals surface area contributed by atoms with E-state index >= 15 is 0 Å². The van der Waals surface area contributed by atoms with Crippen LogP contribution in [-0.2, 0) is 6.42 Å². The fourth-order valence-electron chi connectivity index (χ4n) is 3.44. The molecular formula is C18H23N5. The van der Waals surface area contributed by atoms with Crippen LogP contribution in [0.25, 0.3) is 11.4 Å². The molecule has 120 valence electrons. The third-order valence-electron chi connectivity index (χ3n) is 4.69. The molecule has 5 nitrogen and oxygen atoms in total. The topological polar surface area (TPSA) is 53.1 Å². The summed E-state index contributed by atoms with van der Waals surface area (Å²) in [6, 6.07) is 8.32. The molecule has 0 aliphatic carbocycles. The van der Waals surface area contributed by atoms with Gasteiger partial charge in [-0.2, -0.15) is 0 Å². The smallest absolute Gasteiger partial charge is 0.162 e. The van der Waals surface area contributed by atoms with Gasteiger partial charge in [0.2, 0.25) is 0 Å². The standard InChI is InChI=1S/C18H23N5/c1-19-14-7-5-6-13(12-14)17-21-15-8-9-20-16(15)18(22-17)23-10-3-2-4-11-23/h5-7,12,19-20H,2-4,8-11H2,1H3. The van der Waals surface area contributed by atoms with Gasteiger partial charge in [-0.3, -0.25) is 0 Å². The van der Waals surface area contributed by atoms with Crippen molar-refractivity contribution in [3.63, 3.8) is 0 Å². The lowest BCUT2D eigenvalue weighted by atomic mass is 10.1. The first-order valence-corrected chi connectivity index (χ1v) is 8.53. The maximum atomic E-state index is 4.94. The van der Waals surface area contributed by atoms with Gasteiger partial charge >= 0.3 is 0 Å². The van der Waals surface area contributed by atoms with Gasteiger partial charge in [0.25, 0.3) is 0 Å². The molecule has 2 aliphatic rings. The Morgan fingerprint density at radius 3 is 2.83 bits per heavy atom. The largest absolute Gasteiger partial charge is 0.388 e. The Morgan fingerprint density at radius 1 is 1.13 bits per heavy atom. The summed E-state index contributed by atoms with van der Waals surface area (Å²) in [4.78, 5) is 12.2. The third-order valence-corrected chi connectivity index (χ3v) is 4.69. The number of anilines is 3. The number of hydrogen-bond donors (Lipinski definition) is 2. The molecule has 0 spiro atoms. The minimum absolute atomic E-state index is 0.838. The number of hydrogen-bond acceptors (Lipinski definition) is 5. The molecule has 3 heterocycles. The van der Waals surface area contributed by atoms with E-state index in [2.05, 4.69) is 39.8 Å². The van der Waals surface area contributed by atoms with Gasteiger partial charge < -0.3 is 15.5 Å². The Morgan fingerprint density at radius 2 is 2.00 bits per heavy atom. The van der Waals surface area contributed by atoms with Gasteiger partial charge in [0, 0.05) is 44.4 Å². The van der Waals surface area contributed by atoms with Crippen molar-refractivity contribution in [2.75, 3.05) is 42.2 Å². The Labute approximate surface area is 137 Å². The summed E-state index contributed by atoms with van der Waals surface area (Å²) in [5.74, 6) is 1.93. The number of piperidine rings is 1. The molecule has 2 aromatic rings. The molecular weight excluding hydrogens is 286 g/mol. The quantitative estimate of drug-likeness (QED) is 0.912. The van der Waals surface area contributed by atoms with Gasteiger partial charge in [-0.25, -0.2) is 9.97 Å². The Hall–Kier alpha value is -2.30. The maximum absolute atomic E-state index is 4.94. The molecule has 0 radical (unpaired) electrons. The van der Waals surface area contributed by atoms with Gasteiger partial charge in [0.1, 0.15) is 0 Å². The van der Waals surface area contributed by atoms with Crippen LogP contribution in [0.15, 0.2) is 24.3 Å². The van der Waals surface area contributed by atoms with Crippen LogP contribution >= 0.6 is 0 Å². The summed E-state index contributed by atoms with van der Waals surface area (Å²) in [6.07, 6.45) is 4.82. The molecule has 2 aliphatic heterocycles. The van der Waals surface area contributed by atoms with E-state index < -0.39 is 0 Å². The first kappa shape index (κ1) is 14.3. The number of rotatable bonds is 3. The fraction of sp³-hybridized carbons (Fsp3) is 0.444. The van der Waals surface area contributed by atoms with Crippen molar-refractivity contribution in [1.29, 1.82) is 0 Å². The van der Waals surface area contributed by atoms with Gasteiger partial charge in [-0.1, -0.05) is 12.1 Å². The summed E-state index contributed by atoms with van der Waals surface area (Å²) in [5.41, 5.74) is 4.47. The van der Waals surface area contributed by atoms with E-state index in [0.717, 1.165) is 60.3 Å². The molecule has 1 fully saturated rings. The summed E-state index contributed by atoms with van der Waals surface area (Å²) in [7, 11) is 1.94. The predicted octanol–water partition coefficient (Wildman–Crippen LogP) is 3.14. The van der Waals surface area contributed by atoms with E-state index in [1.54, 1.807) is 0 Å². The van der Waals surface area contributed by atoms with Gasteiger partial charge in [0.05, 0.1) is 11.4 Å². The van der Waals surface area contributed by atoms with Gasteiger partial charge in [0.15, 0.2) is 11.6 Å². The zero-order valence-electron chi connectivity index (χ0n) is 13.6. The third kappa shape index (κ3) is 2.71. The molecule has 0 saturated carbocycles. The van der Waals surface area contributed by atoms with E-state index in [0.29, 0.717) is 0 Å². The molecule has 1 aromatic carbocycles. The summed E-state index contributed by atoms with van der Waals surface area (Å²) >= 11 is 0. The fourth-order valence-corrected chi connectivity index (χ4v) is 3.44. The molecule has 4 rings (SSSR count). The average molecular weight is 309 g/mol. The monoisotopic (exact) mass is 309 g/mol. The summed E-state index contributed by atoms with van der Waals surface area (Å²) in [6.45, 7) is 3.16. The Bertz CT molecular complexity index is 707. The molecule has 5 heteroatoms. The second-order valence-corrected chi connectivity index (χ2v) is 6.25. The molecule has 1 aromatic heterocycles. The van der Waals surface area contributed by atoms with Crippen LogP contribution in [0.5, 0.6) is 0 Å². The second kappa shape index (κ2) is 6.07. The number of fused-ring (bicyclic) bond motifs is 1. The Balaban J connectivity index is 1.78. The van der Waals surface area contributed by atoms with Crippen molar-refractivity contribution < 1.29 is 0 Å². The van der Waals surface area contributed by atoms with Crippen LogP contribution in [0.2, 0.25) is 0 Å². The van der Waals surface area contributed by atoms with Crippen LogP contribution in [0.1, 0.15) is 25.0 Å². The molecule has 0 atom stereocenters. The lowest BCUT2D eigenvalue weighted by Gasteiger charge is -2.29. The number of nitrogens with zero attached hydrogens (tertiary/aromatic N) is 3. The van der Waals surface area contributed by atoms with Gasteiger partial charge in [-0.05, 0) is 31.4 Å². The highest BCUT2D eigenvalue weighted by Crippen LogP contribution is 2.34. The second-order valence-electron chi connectivity index (χ2n) is 6.25. The molecule has 23 heavy (non-hydrogen) atoms. The molecule has 0 amide bonds. The van der Waals surface area contributed by atoms with E-state index in [9.17, 15) is 0 Å². The lowest BCUT2D eigenvalue weighted by Crippen LogP contribution is -2.31. The minimum Gasteiger partial charge on any atom is -0.388 e. The lowest BCUT2D eigenvalue weighted by molar-refractivity contribution is 0.573. The molecule has 0 bridgehead atoms. The van der Waals surface area contributed by atoms with E-state index in [1.807, 2.05) is 7.05 Å². The first-order valence-electron chi connectivity index (χ1n) is 8.53. The van der Waals surface area contributed by atoms with Crippen molar-refractivity contribution in [2.24, 2.45) is 0 Å². The summed E-state index contributed by atoms with van der Waals surface area (Å²) < 4.78 is 0.